The molecule has 0 unspecified atom stereocenters. The predicted octanol–water partition coefficient (Wildman–Crippen LogP) is -0.550. The number of carbonyl (C=O) groups excluding carboxylic acids is 1. The van der Waals surface area contributed by atoms with E-state index in [1.54, 1.807) is 0 Å². The highest BCUT2D eigenvalue weighted by molar-refractivity contribution is 5.76. The maximum atomic E-state index is 12.1. The van der Waals surface area contributed by atoms with Crippen LogP contribution in [0.15, 0.2) is 24.3 Å². The van der Waals surface area contributed by atoms with Gasteiger partial charge in [0.1, 0.15) is 30.2 Å². The van der Waals surface area contributed by atoms with E-state index in [0.717, 1.165) is 12.1 Å². The molecule has 170 valence electrons. The second-order valence-electron chi connectivity index (χ2n) is 6.61. The maximum absolute atomic E-state index is 12.1. The first-order valence-electron chi connectivity index (χ1n) is 9.14. The molecule has 2 rings (SSSR count). The fourth-order valence-corrected chi connectivity index (χ4v) is 2.77. The molecule has 5 atom stereocenters. The number of aryl methyl sites for hydroxylation is 1. The van der Waals surface area contributed by atoms with Crippen molar-refractivity contribution in [3.8, 4) is 5.75 Å². The number of hydrogen-bond donors (Lipinski definition) is 5. The van der Waals surface area contributed by atoms with Crippen LogP contribution in [-0.2, 0) is 20.7 Å². The number of benzene rings is 1. The Balaban J connectivity index is 1.66. The minimum absolute atomic E-state index is 0.0617. The molecule has 1 aliphatic heterocycles. The Hall–Kier alpha value is -1.96. The first kappa shape index (κ1) is 24.3. The van der Waals surface area contributed by atoms with E-state index in [1.807, 2.05) is 0 Å². The number of halogens is 3. The van der Waals surface area contributed by atoms with Gasteiger partial charge in [-0.3, -0.25) is 4.79 Å². The zero-order valence-electron chi connectivity index (χ0n) is 15.8. The Morgan fingerprint density at radius 2 is 1.77 bits per heavy atom. The average Bonchev–Trinajstić information content (AvgIpc) is 2.69. The number of amides is 1. The topological polar surface area (TPSA) is 138 Å². The van der Waals surface area contributed by atoms with Gasteiger partial charge in [-0.05, 0) is 24.1 Å². The number of aliphatic hydroxyl groups is 4. The number of alkyl halides is 3. The normalized spacial score (nSPS) is 27.0. The Bertz CT molecular complexity index is 670. The quantitative estimate of drug-likeness (QED) is 0.323. The molecule has 1 heterocycles. The van der Waals surface area contributed by atoms with Crippen LogP contribution in [0.2, 0.25) is 0 Å². The Kier molecular flexibility index (Phi) is 8.82. The molecule has 1 fully saturated rings. The maximum Gasteiger partial charge on any atom is 0.573 e. The number of nitrogens with one attached hydrogen (secondary N) is 1. The third-order valence-electron chi connectivity index (χ3n) is 4.35. The van der Waals surface area contributed by atoms with Gasteiger partial charge in [0, 0.05) is 13.0 Å². The third-order valence-corrected chi connectivity index (χ3v) is 4.35. The summed E-state index contributed by atoms with van der Waals surface area (Å²) in [5.41, 5.74) is 0.650. The number of ether oxygens (including phenoxy) is 3. The lowest BCUT2D eigenvalue weighted by atomic mass is 9.99. The lowest BCUT2D eigenvalue weighted by Crippen LogP contribution is -2.59. The van der Waals surface area contributed by atoms with Crippen molar-refractivity contribution in [3.05, 3.63) is 29.8 Å². The van der Waals surface area contributed by atoms with Gasteiger partial charge in [-0.25, -0.2) is 0 Å². The molecule has 12 heteroatoms. The highest BCUT2D eigenvalue weighted by atomic mass is 19.4. The van der Waals surface area contributed by atoms with E-state index in [-0.39, 0.29) is 31.2 Å². The summed E-state index contributed by atoms with van der Waals surface area (Å²) >= 11 is 0. The van der Waals surface area contributed by atoms with Gasteiger partial charge in [0.25, 0.3) is 0 Å². The molecular weight excluding hydrogens is 415 g/mol. The molecule has 0 aliphatic carbocycles. The van der Waals surface area contributed by atoms with Gasteiger partial charge in [-0.15, -0.1) is 13.2 Å². The van der Waals surface area contributed by atoms with Crippen molar-refractivity contribution in [1.82, 2.24) is 5.32 Å². The van der Waals surface area contributed by atoms with E-state index in [1.165, 1.54) is 12.1 Å². The molecule has 5 N–H and O–H groups in total. The van der Waals surface area contributed by atoms with E-state index >= 15 is 0 Å². The van der Waals surface area contributed by atoms with Crippen LogP contribution in [0.25, 0.3) is 0 Å². The molecule has 1 aromatic rings. The number of aliphatic hydroxyl groups excluding tert-OH is 4. The number of carbonyl (C=O) groups is 1. The van der Waals surface area contributed by atoms with Crippen LogP contribution in [0, 0.1) is 0 Å². The van der Waals surface area contributed by atoms with Crippen LogP contribution in [0.5, 0.6) is 5.75 Å². The summed E-state index contributed by atoms with van der Waals surface area (Å²) in [6, 6.07) is 5.18. The molecule has 1 aromatic carbocycles. The standard InChI is InChI=1S/C18H24F3NO8/c19-18(20,21)30-11-4-1-10(2-5-11)3-6-13(24)22-7-8-28-17-16(27)15(26)14(25)12(9-23)29-17/h1-2,4-5,12,14-17,23,25-27H,3,6-9H2,(H,22,24)/t12-,14+,15+,16-,17+/m1/s1. The van der Waals surface area contributed by atoms with Gasteiger partial charge in [0.15, 0.2) is 6.29 Å². The molecule has 0 bridgehead atoms. The van der Waals surface area contributed by atoms with Crippen molar-refractivity contribution in [2.24, 2.45) is 0 Å². The van der Waals surface area contributed by atoms with Crippen LogP contribution >= 0.6 is 0 Å². The van der Waals surface area contributed by atoms with Crippen LogP contribution in [0.3, 0.4) is 0 Å². The smallest absolute Gasteiger partial charge is 0.406 e. The van der Waals surface area contributed by atoms with Crippen LogP contribution in [0.1, 0.15) is 12.0 Å². The van der Waals surface area contributed by atoms with Gasteiger partial charge in [0.05, 0.1) is 13.2 Å². The zero-order valence-corrected chi connectivity index (χ0v) is 15.8. The zero-order chi connectivity index (χ0) is 22.3. The first-order chi connectivity index (χ1) is 14.1. The fourth-order valence-electron chi connectivity index (χ4n) is 2.77. The van der Waals surface area contributed by atoms with Crippen LogP contribution in [-0.4, -0.2) is 83.2 Å². The molecule has 9 nitrogen and oxygen atoms in total. The average molecular weight is 439 g/mol. The Labute approximate surface area is 170 Å². The lowest BCUT2D eigenvalue weighted by molar-refractivity contribution is -0.300. The molecule has 1 aliphatic rings. The van der Waals surface area contributed by atoms with Gasteiger partial charge < -0.3 is 40.0 Å². The predicted molar refractivity (Wildman–Crippen MR) is 94.2 cm³/mol. The highest BCUT2D eigenvalue weighted by Crippen LogP contribution is 2.23. The number of hydrogen-bond acceptors (Lipinski definition) is 8. The van der Waals surface area contributed by atoms with Crippen molar-refractivity contribution in [1.29, 1.82) is 0 Å². The van der Waals surface area contributed by atoms with E-state index in [0.29, 0.717) is 12.0 Å². The van der Waals surface area contributed by atoms with E-state index < -0.39 is 43.7 Å². The van der Waals surface area contributed by atoms with Crippen LogP contribution < -0.4 is 10.1 Å². The van der Waals surface area contributed by atoms with Gasteiger partial charge in [0.2, 0.25) is 5.91 Å². The molecule has 0 aromatic heterocycles. The first-order valence-corrected chi connectivity index (χ1v) is 9.14. The van der Waals surface area contributed by atoms with Crippen molar-refractivity contribution in [3.63, 3.8) is 0 Å². The Morgan fingerprint density at radius 3 is 2.37 bits per heavy atom. The van der Waals surface area contributed by atoms with Crippen molar-refractivity contribution >= 4 is 5.91 Å². The molecule has 1 saturated heterocycles. The second-order valence-corrected chi connectivity index (χ2v) is 6.61. The van der Waals surface area contributed by atoms with Crippen LogP contribution in [0.4, 0.5) is 13.2 Å². The molecule has 1 amide bonds. The second kappa shape index (κ2) is 10.9. The summed E-state index contributed by atoms with van der Waals surface area (Å²) in [6.07, 6.45) is -11.3. The molecule has 0 saturated carbocycles. The minimum Gasteiger partial charge on any atom is -0.406 e. The SMILES string of the molecule is O=C(CCc1ccc(OC(F)(F)F)cc1)NCCO[C@H]1O[C@H](CO)[C@H](O)[C@H](O)[C@H]1O. The minimum atomic E-state index is -4.76. The summed E-state index contributed by atoms with van der Waals surface area (Å²) in [7, 11) is 0. The number of rotatable bonds is 9. The van der Waals surface area contributed by atoms with Gasteiger partial charge >= 0.3 is 6.36 Å². The molecule has 0 radical (unpaired) electrons. The van der Waals surface area contributed by atoms with E-state index in [4.69, 9.17) is 14.6 Å². The summed E-state index contributed by atoms with van der Waals surface area (Å²) in [5.74, 6) is -0.677. The Morgan fingerprint density at radius 1 is 1.10 bits per heavy atom. The van der Waals surface area contributed by atoms with E-state index in [9.17, 15) is 33.3 Å². The summed E-state index contributed by atoms with van der Waals surface area (Å²) in [5, 5.41) is 40.8. The van der Waals surface area contributed by atoms with Crippen molar-refractivity contribution < 1.29 is 52.6 Å². The lowest BCUT2D eigenvalue weighted by Gasteiger charge is -2.39. The fraction of sp³-hybridized carbons (Fsp3) is 0.611. The monoisotopic (exact) mass is 439 g/mol. The molecule has 0 spiro atoms. The summed E-state index contributed by atoms with van der Waals surface area (Å²) in [4.78, 5) is 11.9. The van der Waals surface area contributed by atoms with E-state index in [2.05, 4.69) is 10.1 Å². The summed E-state index contributed by atoms with van der Waals surface area (Å²) < 4.78 is 50.5. The largest absolute Gasteiger partial charge is 0.573 e. The van der Waals surface area contributed by atoms with Gasteiger partial charge in [-0.1, -0.05) is 12.1 Å². The van der Waals surface area contributed by atoms with Gasteiger partial charge in [-0.2, -0.15) is 0 Å². The molecular formula is C18H24F3NO8. The molecule has 30 heavy (non-hydrogen) atoms. The third kappa shape index (κ3) is 7.38. The van der Waals surface area contributed by atoms with Crippen molar-refractivity contribution in [2.45, 2.75) is 49.9 Å². The highest BCUT2D eigenvalue weighted by Gasteiger charge is 2.43. The summed E-state index contributed by atoms with van der Waals surface area (Å²) in [6.45, 7) is -0.588. The van der Waals surface area contributed by atoms with Crippen molar-refractivity contribution in [2.75, 3.05) is 19.8 Å².